The highest BCUT2D eigenvalue weighted by Crippen LogP contribution is 2.35. The first-order valence-electron chi connectivity index (χ1n) is 9.00. The van der Waals surface area contributed by atoms with Crippen LogP contribution in [0.1, 0.15) is 17.3 Å². The fourth-order valence-corrected chi connectivity index (χ4v) is 3.28. The van der Waals surface area contributed by atoms with Crippen molar-refractivity contribution in [3.8, 4) is 5.69 Å². The molecule has 12 nitrogen and oxygen atoms in total. The quantitative estimate of drug-likeness (QED) is 0.288. The average molecular weight is 422 g/mol. The Bertz CT molecular complexity index is 1380. The van der Waals surface area contributed by atoms with E-state index in [-0.39, 0.29) is 40.2 Å². The van der Waals surface area contributed by atoms with Crippen molar-refractivity contribution >= 4 is 45.4 Å². The summed E-state index contributed by atoms with van der Waals surface area (Å²) in [7, 11) is 0. The van der Waals surface area contributed by atoms with E-state index in [0.717, 1.165) is 12.1 Å². The number of nitrogens with two attached hydrogens (primary N) is 1. The van der Waals surface area contributed by atoms with Crippen LogP contribution in [-0.4, -0.2) is 37.0 Å². The van der Waals surface area contributed by atoms with Gasteiger partial charge in [0.1, 0.15) is 16.9 Å². The summed E-state index contributed by atoms with van der Waals surface area (Å²) < 4.78 is 6.57. The lowest BCUT2D eigenvalue weighted by Crippen LogP contribution is -2.09. The summed E-state index contributed by atoms with van der Waals surface area (Å²) in [6, 6.07) is 10.7. The van der Waals surface area contributed by atoms with Crippen molar-refractivity contribution in [2.75, 3.05) is 12.3 Å². The van der Waals surface area contributed by atoms with Crippen LogP contribution in [0.3, 0.4) is 0 Å². The number of aromatic nitrogens is 3. The number of carbonyl (C=O) groups excluding carboxylic acids is 1. The van der Waals surface area contributed by atoms with Gasteiger partial charge in [0.2, 0.25) is 0 Å². The molecule has 4 aromatic rings. The van der Waals surface area contributed by atoms with Gasteiger partial charge >= 0.3 is 17.3 Å². The van der Waals surface area contributed by atoms with Gasteiger partial charge in [0.05, 0.1) is 39.6 Å². The molecule has 0 amide bonds. The molecule has 12 heteroatoms. The second-order valence-electron chi connectivity index (χ2n) is 6.39. The predicted molar refractivity (Wildman–Crippen MR) is 110 cm³/mol. The lowest BCUT2D eigenvalue weighted by Gasteiger charge is -2.07. The first-order chi connectivity index (χ1) is 14.8. The molecule has 0 aliphatic rings. The van der Waals surface area contributed by atoms with Crippen molar-refractivity contribution in [2.24, 2.45) is 0 Å². The number of nitro benzene ring substituents is 2. The molecule has 0 spiro atoms. The molecule has 2 aromatic carbocycles. The van der Waals surface area contributed by atoms with E-state index in [1.807, 2.05) is 0 Å². The van der Waals surface area contributed by atoms with E-state index in [4.69, 9.17) is 10.5 Å². The summed E-state index contributed by atoms with van der Waals surface area (Å²) in [6.07, 6.45) is 0. The Balaban J connectivity index is 2.13. The molecule has 156 valence electrons. The van der Waals surface area contributed by atoms with Gasteiger partial charge < -0.3 is 10.5 Å². The van der Waals surface area contributed by atoms with Gasteiger partial charge in [-0.2, -0.15) is 0 Å². The van der Waals surface area contributed by atoms with E-state index in [9.17, 15) is 25.0 Å². The van der Waals surface area contributed by atoms with E-state index in [1.54, 1.807) is 37.3 Å². The number of ether oxygens (including phenoxy) is 1. The van der Waals surface area contributed by atoms with E-state index >= 15 is 0 Å². The molecule has 31 heavy (non-hydrogen) atoms. The van der Waals surface area contributed by atoms with Crippen molar-refractivity contribution in [3.63, 3.8) is 0 Å². The van der Waals surface area contributed by atoms with Crippen LogP contribution in [0.2, 0.25) is 0 Å². The van der Waals surface area contributed by atoms with Crippen molar-refractivity contribution in [2.45, 2.75) is 6.92 Å². The zero-order chi connectivity index (χ0) is 22.3. The third-order valence-corrected chi connectivity index (χ3v) is 4.58. The number of rotatable bonds is 5. The topological polar surface area (TPSA) is 169 Å². The first kappa shape index (κ1) is 19.7. The smallest absolute Gasteiger partial charge is 0.348 e. The van der Waals surface area contributed by atoms with Crippen LogP contribution in [0.4, 0.5) is 17.2 Å². The van der Waals surface area contributed by atoms with Crippen LogP contribution in [-0.2, 0) is 4.74 Å². The van der Waals surface area contributed by atoms with Crippen LogP contribution in [0.15, 0.2) is 42.5 Å². The SMILES string of the molecule is CCOC(=O)c1c(N)n(-c2ccccc2)c2nc3cc([N+](=O)[O-])c([N+](=O)[O-])cc3nc12. The van der Waals surface area contributed by atoms with Gasteiger partial charge in [0.15, 0.2) is 5.65 Å². The molecule has 0 saturated heterocycles. The van der Waals surface area contributed by atoms with Crippen LogP contribution >= 0.6 is 0 Å². The third-order valence-electron chi connectivity index (χ3n) is 4.58. The molecular weight excluding hydrogens is 408 g/mol. The summed E-state index contributed by atoms with van der Waals surface area (Å²) in [6.45, 7) is 1.73. The maximum Gasteiger partial charge on any atom is 0.348 e. The van der Waals surface area contributed by atoms with Gasteiger partial charge in [-0.3, -0.25) is 24.8 Å². The number of hydrogen-bond acceptors (Lipinski definition) is 9. The average Bonchev–Trinajstić information content (AvgIpc) is 3.02. The van der Waals surface area contributed by atoms with Gasteiger partial charge in [0, 0.05) is 5.69 Å². The monoisotopic (exact) mass is 422 g/mol. The van der Waals surface area contributed by atoms with E-state index < -0.39 is 27.2 Å². The molecule has 0 atom stereocenters. The molecule has 0 aliphatic heterocycles. The summed E-state index contributed by atoms with van der Waals surface area (Å²) in [4.78, 5) is 42.2. The van der Waals surface area contributed by atoms with Gasteiger partial charge in [-0.25, -0.2) is 14.8 Å². The largest absolute Gasteiger partial charge is 0.462 e. The predicted octanol–water partition coefficient (Wildman–Crippen LogP) is 3.15. The molecule has 0 bridgehead atoms. The Morgan fingerprint density at radius 2 is 1.65 bits per heavy atom. The van der Waals surface area contributed by atoms with Crippen molar-refractivity contribution in [3.05, 3.63) is 68.3 Å². The number of fused-ring (bicyclic) bond motifs is 2. The third kappa shape index (κ3) is 3.15. The fraction of sp³-hybridized carbons (Fsp3) is 0.105. The Kier molecular flexibility index (Phi) is 4.66. The van der Waals surface area contributed by atoms with Crippen LogP contribution in [0, 0.1) is 20.2 Å². The van der Waals surface area contributed by atoms with E-state index in [0.29, 0.717) is 5.69 Å². The maximum atomic E-state index is 12.6. The molecule has 2 heterocycles. The second kappa shape index (κ2) is 7.33. The molecule has 0 fully saturated rings. The Morgan fingerprint density at radius 1 is 1.06 bits per heavy atom. The summed E-state index contributed by atoms with van der Waals surface area (Å²) in [5.41, 5.74) is 5.59. The normalized spacial score (nSPS) is 11.0. The highest BCUT2D eigenvalue weighted by Gasteiger charge is 2.29. The van der Waals surface area contributed by atoms with Gasteiger partial charge in [0.25, 0.3) is 0 Å². The van der Waals surface area contributed by atoms with Gasteiger partial charge in [-0.1, -0.05) is 18.2 Å². The molecule has 0 aliphatic carbocycles. The molecule has 0 unspecified atom stereocenters. The van der Waals surface area contributed by atoms with Gasteiger partial charge in [-0.15, -0.1) is 0 Å². The number of esters is 1. The number of nitrogen functional groups attached to an aromatic ring is 1. The van der Waals surface area contributed by atoms with Gasteiger partial charge in [-0.05, 0) is 19.1 Å². The fourth-order valence-electron chi connectivity index (χ4n) is 3.28. The standard InChI is InChI=1S/C19H14N6O6/c1-2-31-19(26)15-16-18(23(17(15)20)10-6-4-3-5-7-10)22-12-9-14(25(29)30)13(24(27)28)8-11(12)21-16/h3-9H,2,20H2,1H3. The molecule has 2 aromatic heterocycles. The highest BCUT2D eigenvalue weighted by atomic mass is 16.6. The number of nitrogens with zero attached hydrogens (tertiary/aromatic N) is 5. The molecular formula is C19H14N6O6. The summed E-state index contributed by atoms with van der Waals surface area (Å²) in [5, 5.41) is 22.6. The van der Waals surface area contributed by atoms with Crippen molar-refractivity contribution in [1.82, 2.24) is 14.5 Å². The summed E-state index contributed by atoms with van der Waals surface area (Å²) >= 11 is 0. The Hall–Kier alpha value is -4.61. The van der Waals surface area contributed by atoms with Crippen molar-refractivity contribution < 1.29 is 19.4 Å². The number of carbonyl (C=O) groups is 1. The number of hydrogen-bond donors (Lipinski definition) is 1. The highest BCUT2D eigenvalue weighted by molar-refractivity contribution is 6.09. The van der Waals surface area contributed by atoms with Crippen LogP contribution in [0.25, 0.3) is 27.9 Å². The van der Waals surface area contributed by atoms with Crippen LogP contribution < -0.4 is 5.73 Å². The molecule has 2 N–H and O–H groups in total. The molecule has 4 rings (SSSR count). The summed E-state index contributed by atoms with van der Waals surface area (Å²) in [5.74, 6) is -0.719. The molecule has 0 radical (unpaired) electrons. The number of anilines is 1. The number of para-hydroxylation sites is 1. The zero-order valence-electron chi connectivity index (χ0n) is 16.0. The number of benzene rings is 2. The van der Waals surface area contributed by atoms with Crippen molar-refractivity contribution in [1.29, 1.82) is 0 Å². The minimum Gasteiger partial charge on any atom is -0.462 e. The second-order valence-corrected chi connectivity index (χ2v) is 6.39. The molecule has 0 saturated carbocycles. The maximum absolute atomic E-state index is 12.6. The van der Waals surface area contributed by atoms with Crippen LogP contribution in [0.5, 0.6) is 0 Å². The lowest BCUT2D eigenvalue weighted by molar-refractivity contribution is -0.422. The van der Waals surface area contributed by atoms with E-state index in [1.165, 1.54) is 4.57 Å². The Labute approximate surface area is 173 Å². The minimum atomic E-state index is -0.876. The van der Waals surface area contributed by atoms with E-state index in [2.05, 4.69) is 9.97 Å². The zero-order valence-corrected chi connectivity index (χ0v) is 16.0. The number of nitro groups is 2. The minimum absolute atomic E-state index is 0.000519. The Morgan fingerprint density at radius 3 is 2.19 bits per heavy atom. The first-order valence-corrected chi connectivity index (χ1v) is 9.00. The lowest BCUT2D eigenvalue weighted by atomic mass is 10.2.